The number of hydrogen-bond donors (Lipinski definition) is 0. The molecular weight excluding hydrogens is 291 g/mol. The van der Waals surface area contributed by atoms with Gasteiger partial charge in [0.1, 0.15) is 4.34 Å². The quantitative estimate of drug-likeness (QED) is 0.627. The molecule has 0 spiro atoms. The lowest BCUT2D eigenvalue weighted by Gasteiger charge is -2.14. The van der Waals surface area contributed by atoms with Crippen LogP contribution in [0.4, 0.5) is 0 Å². The molecule has 0 aliphatic heterocycles. The third-order valence-electron chi connectivity index (χ3n) is 1.38. The summed E-state index contributed by atoms with van der Waals surface area (Å²) in [5, 5.41) is 0. The molecule has 62 valence electrons. The van der Waals surface area contributed by atoms with E-state index in [1.807, 2.05) is 0 Å². The molecule has 0 aliphatic rings. The molecule has 0 unspecified atom stereocenters. The Morgan fingerprint density at radius 3 is 2.18 bits per heavy atom. The van der Waals surface area contributed by atoms with Crippen molar-refractivity contribution in [2.45, 2.75) is 26.2 Å². The third-order valence-corrected chi connectivity index (χ3v) is 4.70. The molecule has 1 aromatic heterocycles. The molecule has 1 aromatic rings. The minimum Gasteiger partial charge on any atom is -0.127 e. The highest BCUT2D eigenvalue weighted by atomic mass is 127. The van der Waals surface area contributed by atoms with Crippen molar-refractivity contribution >= 4 is 45.5 Å². The molecule has 0 atom stereocenters. The van der Waals surface area contributed by atoms with E-state index < -0.39 is 0 Å². The van der Waals surface area contributed by atoms with Crippen LogP contribution in [0.25, 0.3) is 0 Å². The van der Waals surface area contributed by atoms with E-state index in [9.17, 15) is 0 Å². The van der Waals surface area contributed by atoms with Crippen molar-refractivity contribution in [3.05, 3.63) is 18.9 Å². The zero-order valence-corrected chi connectivity index (χ0v) is 10.5. The molecule has 0 fully saturated rings. The van der Waals surface area contributed by atoms with Gasteiger partial charge in [-0.1, -0.05) is 32.4 Å². The molecule has 1 rings (SSSR count). The third kappa shape index (κ3) is 2.33. The molecule has 0 aromatic carbocycles. The SMILES string of the molecule is CC(C)(C)c1cc(I)c(Cl)s1. The van der Waals surface area contributed by atoms with Crippen LogP contribution >= 0.6 is 45.5 Å². The summed E-state index contributed by atoms with van der Waals surface area (Å²) in [6, 6.07) is 2.16. The Hall–Kier alpha value is 0.720. The van der Waals surface area contributed by atoms with Gasteiger partial charge in [0.05, 0.1) is 0 Å². The van der Waals surface area contributed by atoms with Gasteiger partial charge in [-0.25, -0.2) is 0 Å². The Morgan fingerprint density at radius 2 is 2.00 bits per heavy atom. The van der Waals surface area contributed by atoms with E-state index in [2.05, 4.69) is 49.4 Å². The fourth-order valence-electron chi connectivity index (χ4n) is 0.716. The van der Waals surface area contributed by atoms with Crippen molar-refractivity contribution in [3.63, 3.8) is 0 Å². The van der Waals surface area contributed by atoms with Crippen molar-refractivity contribution in [2.24, 2.45) is 0 Å². The van der Waals surface area contributed by atoms with E-state index >= 15 is 0 Å². The first-order chi connectivity index (χ1) is 4.91. The first-order valence-electron chi connectivity index (χ1n) is 3.36. The number of hydrogen-bond acceptors (Lipinski definition) is 1. The molecule has 0 N–H and O–H groups in total. The summed E-state index contributed by atoms with van der Waals surface area (Å²) < 4.78 is 2.08. The Kier molecular flexibility index (Phi) is 2.88. The van der Waals surface area contributed by atoms with Gasteiger partial charge in [-0.05, 0) is 34.1 Å². The predicted octanol–water partition coefficient (Wildman–Crippen LogP) is 4.30. The highest BCUT2D eigenvalue weighted by Crippen LogP contribution is 2.35. The molecule has 0 nitrogen and oxygen atoms in total. The van der Waals surface area contributed by atoms with Gasteiger partial charge in [0.15, 0.2) is 0 Å². The zero-order valence-electron chi connectivity index (χ0n) is 6.74. The van der Waals surface area contributed by atoms with Gasteiger partial charge >= 0.3 is 0 Å². The fourth-order valence-corrected chi connectivity index (χ4v) is 2.71. The van der Waals surface area contributed by atoms with Crippen LogP contribution in [-0.4, -0.2) is 0 Å². The van der Waals surface area contributed by atoms with E-state index in [1.165, 1.54) is 8.45 Å². The summed E-state index contributed by atoms with van der Waals surface area (Å²) in [4.78, 5) is 1.35. The second-order valence-electron chi connectivity index (χ2n) is 3.48. The molecule has 3 heteroatoms. The maximum Gasteiger partial charge on any atom is 0.106 e. The summed E-state index contributed by atoms with van der Waals surface area (Å²) in [6.07, 6.45) is 0. The lowest BCUT2D eigenvalue weighted by Crippen LogP contribution is -2.07. The van der Waals surface area contributed by atoms with Gasteiger partial charge < -0.3 is 0 Å². The molecule has 11 heavy (non-hydrogen) atoms. The molecule has 0 aliphatic carbocycles. The second kappa shape index (κ2) is 3.23. The lowest BCUT2D eigenvalue weighted by molar-refractivity contribution is 0.604. The summed E-state index contributed by atoms with van der Waals surface area (Å²) >= 11 is 9.89. The zero-order chi connectivity index (χ0) is 8.65. The van der Waals surface area contributed by atoms with Crippen LogP contribution in [0, 0.1) is 3.57 Å². The summed E-state index contributed by atoms with van der Waals surface area (Å²) in [5.74, 6) is 0. The van der Waals surface area contributed by atoms with Crippen LogP contribution in [0.5, 0.6) is 0 Å². The van der Waals surface area contributed by atoms with Crippen molar-refractivity contribution in [1.29, 1.82) is 0 Å². The maximum absolute atomic E-state index is 5.95. The van der Waals surface area contributed by atoms with Crippen LogP contribution in [0.2, 0.25) is 4.34 Å². The molecule has 0 radical (unpaired) electrons. The minimum atomic E-state index is 0.234. The smallest absolute Gasteiger partial charge is 0.106 e. The van der Waals surface area contributed by atoms with Crippen molar-refractivity contribution < 1.29 is 0 Å². The summed E-state index contributed by atoms with van der Waals surface area (Å²) in [6.45, 7) is 6.60. The van der Waals surface area contributed by atoms with E-state index in [0.29, 0.717) is 0 Å². The van der Waals surface area contributed by atoms with E-state index in [0.717, 1.165) is 4.34 Å². The highest BCUT2D eigenvalue weighted by molar-refractivity contribution is 14.1. The van der Waals surface area contributed by atoms with Gasteiger partial charge in [-0.3, -0.25) is 0 Å². The second-order valence-corrected chi connectivity index (χ2v) is 6.30. The Labute approximate surface area is 90.1 Å². The molecule has 0 bridgehead atoms. The number of thiophene rings is 1. The summed E-state index contributed by atoms with van der Waals surface area (Å²) in [7, 11) is 0. The van der Waals surface area contributed by atoms with E-state index in [4.69, 9.17) is 11.6 Å². The van der Waals surface area contributed by atoms with Crippen molar-refractivity contribution in [1.82, 2.24) is 0 Å². The van der Waals surface area contributed by atoms with Crippen LogP contribution in [0.1, 0.15) is 25.6 Å². The molecule has 0 saturated heterocycles. The average Bonchev–Trinajstić information content (AvgIpc) is 2.11. The summed E-state index contributed by atoms with van der Waals surface area (Å²) in [5.41, 5.74) is 0.234. The Morgan fingerprint density at radius 1 is 1.45 bits per heavy atom. The Bertz CT molecular complexity index is 240. The van der Waals surface area contributed by atoms with Gasteiger partial charge in [0, 0.05) is 8.45 Å². The largest absolute Gasteiger partial charge is 0.127 e. The van der Waals surface area contributed by atoms with Crippen LogP contribution in [-0.2, 0) is 5.41 Å². The van der Waals surface area contributed by atoms with E-state index in [1.54, 1.807) is 11.3 Å². The molecule has 1 heterocycles. The van der Waals surface area contributed by atoms with E-state index in [-0.39, 0.29) is 5.41 Å². The minimum absolute atomic E-state index is 0.234. The van der Waals surface area contributed by atoms with Crippen molar-refractivity contribution in [2.75, 3.05) is 0 Å². The van der Waals surface area contributed by atoms with Gasteiger partial charge in [-0.15, -0.1) is 11.3 Å². The van der Waals surface area contributed by atoms with Gasteiger partial charge in [0.2, 0.25) is 0 Å². The van der Waals surface area contributed by atoms with Gasteiger partial charge in [-0.2, -0.15) is 0 Å². The van der Waals surface area contributed by atoms with Gasteiger partial charge in [0.25, 0.3) is 0 Å². The first-order valence-corrected chi connectivity index (χ1v) is 5.64. The lowest BCUT2D eigenvalue weighted by atomic mass is 9.95. The Balaban J connectivity index is 3.08. The highest BCUT2D eigenvalue weighted by Gasteiger charge is 2.17. The van der Waals surface area contributed by atoms with Crippen LogP contribution < -0.4 is 0 Å². The molecule has 0 saturated carbocycles. The fraction of sp³-hybridized carbons (Fsp3) is 0.500. The molecular formula is C8H10ClIS. The number of rotatable bonds is 0. The van der Waals surface area contributed by atoms with Crippen LogP contribution in [0.3, 0.4) is 0 Å². The number of halogens is 2. The first kappa shape index (κ1) is 9.81. The molecule has 0 amide bonds. The predicted molar refractivity (Wildman–Crippen MR) is 60.7 cm³/mol. The maximum atomic E-state index is 5.95. The average molecular weight is 301 g/mol. The standard InChI is InChI=1S/C8H10ClIS/c1-8(2,3)6-4-5(10)7(9)11-6/h4H,1-3H3. The monoisotopic (exact) mass is 300 g/mol. The topological polar surface area (TPSA) is 0 Å². The van der Waals surface area contributed by atoms with Crippen molar-refractivity contribution in [3.8, 4) is 0 Å². The normalized spacial score (nSPS) is 12.1. The van der Waals surface area contributed by atoms with Crippen LogP contribution in [0.15, 0.2) is 6.07 Å².